The van der Waals surface area contributed by atoms with Crippen LogP contribution < -0.4 is 56.8 Å². The highest BCUT2D eigenvalue weighted by Gasteiger charge is 2.61. The maximum absolute atomic E-state index is 13.6. The number of aliphatic hydroxyl groups excluding tert-OH is 6. The second kappa shape index (κ2) is 34.2. The molecule has 12 aliphatic heterocycles. The van der Waals surface area contributed by atoms with E-state index in [0.717, 1.165) is 12.1 Å². The zero-order chi connectivity index (χ0) is 98.3. The normalized spacial score (nSPS) is 40.0. The van der Waals surface area contributed by atoms with E-state index in [-0.39, 0.29) is 138 Å². The molecule has 6 aromatic carbocycles. The lowest BCUT2D eigenvalue weighted by molar-refractivity contribution is -0.364. The third-order valence-corrected chi connectivity index (χ3v) is 25.0. The maximum Gasteiger partial charge on any atom is 0.310 e. The van der Waals surface area contributed by atoms with Crippen molar-refractivity contribution in [3.63, 3.8) is 0 Å². The van der Waals surface area contributed by atoms with E-state index < -0.39 is 245 Å². The average molecular weight is 1780 g/mol. The molecule has 0 radical (unpaired) electrons. The summed E-state index contributed by atoms with van der Waals surface area (Å²) in [6.45, 7) is -0.733. The molecule has 678 valence electrons. The largest absolute Gasteiger partial charge is 0.502 e. The minimum Gasteiger partial charge on any atom is -0.502 e. The molecule has 9 N–H and O–H groups in total. The summed E-state index contributed by atoms with van der Waals surface area (Å²) in [6, 6.07) is 17.2. The van der Waals surface area contributed by atoms with Crippen LogP contribution in [0.2, 0.25) is 0 Å². The number of methoxy groups -OCH3 is 6. The van der Waals surface area contributed by atoms with E-state index in [1.165, 1.54) is 64.8 Å². The number of hydrogen-bond acceptors (Lipinski definition) is 39. The molecule has 0 unspecified atom stereocenters. The molecule has 39 nitrogen and oxygen atoms in total. The quantitative estimate of drug-likeness (QED) is 0.0518. The Balaban J connectivity index is 0.000000132. The topological polar surface area (TPSA) is 482 Å². The number of fused-ring (bicyclic) bond motifs is 12. The van der Waals surface area contributed by atoms with Gasteiger partial charge in [-0.2, -0.15) is 0 Å². The number of esters is 3. The van der Waals surface area contributed by atoms with Crippen LogP contribution in [-0.4, -0.2) is 277 Å². The minimum atomic E-state index is -3.12. The fourth-order valence-electron chi connectivity index (χ4n) is 19.0. The van der Waals surface area contributed by atoms with E-state index in [2.05, 4.69) is 0 Å². The molecule has 0 amide bonds. The lowest BCUT2D eigenvalue weighted by Crippen LogP contribution is -2.63. The van der Waals surface area contributed by atoms with Crippen LogP contribution in [-0.2, 0) is 85.4 Å². The number of aliphatic hydroxyl groups is 6. The molecule has 0 aromatic heterocycles. The van der Waals surface area contributed by atoms with Gasteiger partial charge in [0.15, 0.2) is 107 Å². The van der Waals surface area contributed by atoms with Gasteiger partial charge >= 0.3 is 17.9 Å². The van der Waals surface area contributed by atoms with Gasteiger partial charge in [-0.1, -0.05) is 0 Å². The van der Waals surface area contributed by atoms with Gasteiger partial charge in [0.1, 0.15) is 73.2 Å². The second-order valence-electron chi connectivity index (χ2n) is 31.9. The van der Waals surface area contributed by atoms with E-state index in [0.29, 0.717) is 28.2 Å². The first-order chi connectivity index (χ1) is 65.3. The number of cyclic esters (lactones) is 3. The number of carbonyl (C=O) groups excluding carboxylic acids is 3. The van der Waals surface area contributed by atoms with Gasteiger partial charge in [0.05, 0.1) is 132 Å². The molecule has 3 aliphatic carbocycles. The zero-order valence-corrected chi connectivity index (χ0v) is 67.8. The van der Waals surface area contributed by atoms with E-state index >= 15 is 0 Å². The highest BCUT2D eigenvalue weighted by Crippen LogP contribution is 2.62. The summed E-state index contributed by atoms with van der Waals surface area (Å²) in [6.07, 6.45) is -24.3. The summed E-state index contributed by atoms with van der Waals surface area (Å²) in [5, 5.41) is 98.1. The Bertz CT molecular complexity index is 5610. The molecule has 30 atom stereocenters. The number of phenolic OH excluding ortho intramolecular Hbond substituents is 3. The van der Waals surface area contributed by atoms with E-state index in [1.54, 1.807) is 45.0 Å². The summed E-state index contributed by atoms with van der Waals surface area (Å²) in [4.78, 5) is 40.8. The second-order valence-corrected chi connectivity index (χ2v) is 31.9. The molecule has 39 heteroatoms. The maximum atomic E-state index is 13.6. The van der Waals surface area contributed by atoms with Gasteiger partial charge in [-0.25, -0.2) is 0 Å². The monoisotopic (exact) mass is 1780 g/mol. The Morgan fingerprint density at radius 1 is 0.349 bits per heavy atom. The Labute approximate surface area is 735 Å². The van der Waals surface area contributed by atoms with Crippen LogP contribution in [0, 0.1) is 35.5 Å². The molecule has 21 rings (SSSR count). The number of rotatable bonds is 15. The van der Waals surface area contributed by atoms with Gasteiger partial charge in [-0.05, 0) is 144 Å². The highest BCUT2D eigenvalue weighted by molar-refractivity contribution is 5.81. The molecule has 15 aliphatic rings. The fraction of sp³-hybridized carbons (Fsp3) is 0.552. The van der Waals surface area contributed by atoms with Crippen LogP contribution in [0.3, 0.4) is 0 Å². The molecule has 126 heavy (non-hydrogen) atoms. The van der Waals surface area contributed by atoms with Gasteiger partial charge in [0, 0.05) is 38.2 Å². The van der Waals surface area contributed by atoms with Crippen molar-refractivity contribution in [3.05, 3.63) is 123 Å². The fourth-order valence-corrected chi connectivity index (χ4v) is 19.0. The van der Waals surface area contributed by atoms with Gasteiger partial charge in [-0.3, -0.25) is 14.4 Å². The van der Waals surface area contributed by atoms with Crippen LogP contribution in [0.25, 0.3) is 0 Å². The minimum absolute atomic E-state index is 0.0288. The van der Waals surface area contributed by atoms with Gasteiger partial charge in [0.25, 0.3) is 0 Å². The van der Waals surface area contributed by atoms with Crippen molar-refractivity contribution in [1.82, 2.24) is 0 Å². The number of hydrogen-bond donors (Lipinski definition) is 9. The summed E-state index contributed by atoms with van der Waals surface area (Å²) in [5.41, 5.74) is 2.04. The van der Waals surface area contributed by atoms with Gasteiger partial charge in [-0.15, -0.1) is 0 Å². The van der Waals surface area contributed by atoms with Crippen LogP contribution in [0.15, 0.2) is 72.8 Å². The van der Waals surface area contributed by atoms with Crippen molar-refractivity contribution in [2.24, 2.45) is 35.5 Å². The van der Waals surface area contributed by atoms with Gasteiger partial charge < -0.3 is 174 Å². The average Bonchev–Trinajstić information content (AvgIpc) is 1.50. The molecule has 6 aromatic rings. The third kappa shape index (κ3) is 14.8. The molecule has 9 fully saturated rings. The zero-order valence-electron chi connectivity index (χ0n) is 79.8. The lowest BCUT2D eigenvalue weighted by atomic mass is 9.66. The predicted octanol–water partition coefficient (Wildman–Crippen LogP) is 4.02. The predicted molar refractivity (Wildman–Crippen MR) is 415 cm³/mol. The Morgan fingerprint density at radius 3 is 1.02 bits per heavy atom. The molecular weight excluding hydrogens is 1670 g/mol. The third-order valence-electron chi connectivity index (χ3n) is 25.0. The number of ether oxygens (including phenoxy) is 27. The lowest BCUT2D eigenvalue weighted by Gasteiger charge is -2.47. The first kappa shape index (κ1) is 72.0. The first-order valence-electron chi connectivity index (χ1n) is 46.3. The van der Waals surface area contributed by atoms with E-state index in [9.17, 15) is 63.1 Å². The number of carbonyl (C=O) groups is 3. The number of benzene rings is 6. The van der Waals surface area contributed by atoms with Crippen LogP contribution in [0.4, 0.5) is 0 Å². The molecule has 12 heterocycles. The Kier molecular flexibility index (Phi) is 19.5. The summed E-state index contributed by atoms with van der Waals surface area (Å²) in [5.74, 6) is -16.8. The first-order valence-corrected chi connectivity index (χ1v) is 40.3. The van der Waals surface area contributed by atoms with Crippen molar-refractivity contribution in [2.45, 2.75) is 168 Å². The summed E-state index contributed by atoms with van der Waals surface area (Å²) >= 11 is 0. The molecule has 9 saturated heterocycles. The van der Waals surface area contributed by atoms with E-state index in [4.69, 9.17) is 142 Å². The van der Waals surface area contributed by atoms with Crippen LogP contribution in [0.1, 0.15) is 123 Å². The summed E-state index contributed by atoms with van der Waals surface area (Å²) in [7, 11) is -0.869. The van der Waals surface area contributed by atoms with Gasteiger partial charge in [0.2, 0.25) is 37.6 Å². The van der Waals surface area contributed by atoms with Crippen molar-refractivity contribution in [3.8, 4) is 86.2 Å². The van der Waals surface area contributed by atoms with Crippen molar-refractivity contribution in [2.75, 3.05) is 102 Å². The highest BCUT2D eigenvalue weighted by atomic mass is 16.8. The standard InChI is InChI=1S/3C29H32O13/c3*1-11-36-9-20-27(40-11)24(31)25(32)29(41-20)42-26-14-7-17-16(38-10-39-17)6-13(14)21(22-15(26)8-37-28(22)33)12-4-18(34-2)23(30)19(5-12)35-3/h3*4-7,11,15,20-22,24-27,29-32H,8-10H2,1-3H3/t3*11-,15+,20-,21-,22+,24-,25-,26-,27-,29+/m111/s1/i2D3,3D3,21D;8D2,21D;8D2. The van der Waals surface area contributed by atoms with Crippen LogP contribution in [0.5, 0.6) is 86.2 Å². The number of aromatic hydroxyl groups is 3. The van der Waals surface area contributed by atoms with Crippen molar-refractivity contribution >= 4 is 17.9 Å². The van der Waals surface area contributed by atoms with Crippen molar-refractivity contribution in [1.29, 1.82) is 0 Å². The Morgan fingerprint density at radius 2 is 0.651 bits per heavy atom. The molecule has 0 spiro atoms. The molecular formula is C87H96O39. The Hall–Kier alpha value is -9.99. The van der Waals surface area contributed by atoms with Crippen LogP contribution >= 0.6 is 0 Å². The molecule has 0 saturated carbocycles. The smallest absolute Gasteiger partial charge is 0.310 e. The number of phenols is 3. The van der Waals surface area contributed by atoms with Crippen molar-refractivity contribution < 1.29 is 205 Å². The SMILES string of the molecule is [2H]C([2H])([2H])Oc1cc([C@]2([2H])c3cc4c(cc3[C@@H](O[C@@H]3O[C@@H]5CO[C@@H](C)O[C@H]5[C@H](O)[C@H]3O)[C@H]3COC(=O)[C@@H]32)OCO4)cc(OC([2H])([2H])[2H])c1O.[2H]C1([2H])OC(=O)[C@@H]2[C@H](c3cc(OC)c(O)c(OC)c3)c3cc4c(cc3[C@@H](O[C@@H]3O[C@@H]5CO[C@@H](C)O[C@H]5[C@H](O)[C@H]3O)[C@H]21)OCO4.[2H]C1([2H])OC(=O)[C@H]2[C@H]1[C@H](O[C@@H]1O[C@@H]3CO[C@@H](C)O[C@H]3[C@H](O)[C@H]1O)c1cc3c(cc1[C@@]2([2H])c1cc(OC)c(O)c(OC)c1)OCO3. The summed E-state index contributed by atoms with van der Waals surface area (Å²) < 4.78 is 252. The molecule has 0 bridgehead atoms. The van der Waals surface area contributed by atoms with E-state index in [1.807, 2.05) is 0 Å².